The Kier molecular flexibility index (Phi) is 9.15. The van der Waals surface area contributed by atoms with E-state index in [1.165, 1.54) is 7.11 Å². The second-order valence-electron chi connectivity index (χ2n) is 9.06. The number of carbonyl (C=O) groups is 1. The maximum Gasteiger partial charge on any atom is 0.337 e. The Morgan fingerprint density at radius 2 is 1.76 bits per heavy atom. The Bertz CT molecular complexity index is 859. The van der Waals surface area contributed by atoms with Crippen LogP contribution in [0, 0.1) is 0 Å². The molecule has 6 heteroatoms. The Balaban J connectivity index is 1.42. The molecule has 1 heterocycles. The quantitative estimate of drug-likeness (QED) is 0.398. The van der Waals surface area contributed by atoms with Gasteiger partial charge >= 0.3 is 5.97 Å². The molecule has 33 heavy (non-hydrogen) atoms. The number of unbranched alkanes of at least 4 members (excludes halogenated alkanes) is 1. The average Bonchev–Trinajstić information content (AvgIpc) is 2.85. The van der Waals surface area contributed by atoms with Gasteiger partial charge in [0.25, 0.3) is 0 Å². The monoisotopic (exact) mass is 454 g/mol. The lowest BCUT2D eigenvalue weighted by Gasteiger charge is -2.39. The van der Waals surface area contributed by atoms with Gasteiger partial charge in [0.2, 0.25) is 0 Å². The largest absolute Gasteiger partial charge is 0.494 e. The van der Waals surface area contributed by atoms with Crippen LogP contribution in [0.2, 0.25) is 0 Å². The van der Waals surface area contributed by atoms with Crippen LogP contribution >= 0.6 is 0 Å². The van der Waals surface area contributed by atoms with Crippen molar-refractivity contribution in [3.63, 3.8) is 0 Å². The fourth-order valence-electron chi connectivity index (χ4n) is 4.14. The van der Waals surface area contributed by atoms with Gasteiger partial charge in [-0.05, 0) is 67.6 Å². The highest BCUT2D eigenvalue weighted by molar-refractivity contribution is 5.89. The van der Waals surface area contributed by atoms with Crippen LogP contribution in [0.4, 0.5) is 5.69 Å². The number of piperidine rings is 1. The lowest BCUT2D eigenvalue weighted by atomic mass is 9.88. The van der Waals surface area contributed by atoms with Gasteiger partial charge in [-0.3, -0.25) is 4.90 Å². The minimum atomic E-state index is -0.622. The number of esters is 1. The lowest BCUT2D eigenvalue weighted by Crippen LogP contribution is -2.45. The van der Waals surface area contributed by atoms with E-state index >= 15 is 0 Å². The Morgan fingerprint density at radius 3 is 2.36 bits per heavy atom. The molecule has 0 spiro atoms. The predicted octanol–water partition coefficient (Wildman–Crippen LogP) is 4.51. The molecule has 1 aliphatic rings. The molecule has 0 radical (unpaired) electrons. The van der Waals surface area contributed by atoms with Gasteiger partial charge in [0.15, 0.2) is 0 Å². The molecule has 1 aliphatic heterocycles. The van der Waals surface area contributed by atoms with E-state index in [1.54, 1.807) is 12.1 Å². The molecule has 0 unspecified atom stereocenters. The minimum absolute atomic E-state index is 0.314. The SMILES string of the molecule is CCCCOc1ccc(N(C)CCC2(O)CCN(Cc3ccc(C(=O)OC)cc3)CC2)cc1. The summed E-state index contributed by atoms with van der Waals surface area (Å²) in [6.45, 7) is 6.28. The number of methoxy groups -OCH3 is 1. The summed E-state index contributed by atoms with van der Waals surface area (Å²) in [5.74, 6) is 0.595. The zero-order valence-electron chi connectivity index (χ0n) is 20.3. The van der Waals surface area contributed by atoms with E-state index in [0.717, 1.165) is 81.9 Å². The first-order chi connectivity index (χ1) is 15.9. The molecule has 3 rings (SSSR count). The molecule has 0 amide bonds. The van der Waals surface area contributed by atoms with E-state index in [-0.39, 0.29) is 5.97 Å². The number of hydrogen-bond donors (Lipinski definition) is 1. The molecule has 2 aromatic carbocycles. The van der Waals surface area contributed by atoms with E-state index in [9.17, 15) is 9.90 Å². The van der Waals surface area contributed by atoms with Crippen molar-refractivity contribution >= 4 is 11.7 Å². The minimum Gasteiger partial charge on any atom is -0.494 e. The summed E-state index contributed by atoms with van der Waals surface area (Å²) in [7, 11) is 3.46. The van der Waals surface area contributed by atoms with Gasteiger partial charge in [0, 0.05) is 38.9 Å². The fraction of sp³-hybridized carbons (Fsp3) is 0.519. The molecule has 180 valence electrons. The highest BCUT2D eigenvalue weighted by Gasteiger charge is 2.32. The molecular formula is C27H38N2O4. The van der Waals surface area contributed by atoms with Gasteiger partial charge in [-0.2, -0.15) is 0 Å². The second-order valence-corrected chi connectivity index (χ2v) is 9.06. The van der Waals surface area contributed by atoms with Gasteiger partial charge in [-0.1, -0.05) is 25.5 Å². The van der Waals surface area contributed by atoms with Crippen LogP contribution in [-0.2, 0) is 11.3 Å². The van der Waals surface area contributed by atoms with Crippen LogP contribution in [0.25, 0.3) is 0 Å². The zero-order valence-corrected chi connectivity index (χ0v) is 20.3. The summed E-state index contributed by atoms with van der Waals surface area (Å²) in [5, 5.41) is 11.1. The number of anilines is 1. The van der Waals surface area contributed by atoms with Gasteiger partial charge < -0.3 is 19.5 Å². The summed E-state index contributed by atoms with van der Waals surface area (Å²) >= 11 is 0. The summed E-state index contributed by atoms with van der Waals surface area (Å²) in [4.78, 5) is 16.1. The lowest BCUT2D eigenvalue weighted by molar-refractivity contribution is -0.0275. The topological polar surface area (TPSA) is 62.2 Å². The van der Waals surface area contributed by atoms with Crippen LogP contribution in [0.1, 0.15) is 54.9 Å². The zero-order chi connectivity index (χ0) is 23.7. The normalized spacial score (nSPS) is 15.8. The van der Waals surface area contributed by atoms with Crippen LogP contribution in [0.15, 0.2) is 48.5 Å². The molecule has 0 aromatic heterocycles. The third-order valence-electron chi connectivity index (χ3n) is 6.52. The number of likely N-dealkylation sites (tertiary alicyclic amines) is 1. The number of ether oxygens (including phenoxy) is 2. The molecule has 6 nitrogen and oxygen atoms in total. The maximum atomic E-state index is 11.6. The summed E-state index contributed by atoms with van der Waals surface area (Å²) < 4.78 is 10.5. The molecule has 1 fully saturated rings. The fourth-order valence-corrected chi connectivity index (χ4v) is 4.14. The molecule has 0 bridgehead atoms. The van der Waals surface area contributed by atoms with Gasteiger partial charge in [-0.15, -0.1) is 0 Å². The van der Waals surface area contributed by atoms with Crippen molar-refractivity contribution in [3.05, 3.63) is 59.7 Å². The molecule has 1 N–H and O–H groups in total. The van der Waals surface area contributed by atoms with Crippen molar-refractivity contribution < 1.29 is 19.4 Å². The third-order valence-corrected chi connectivity index (χ3v) is 6.52. The Morgan fingerprint density at radius 1 is 1.09 bits per heavy atom. The highest BCUT2D eigenvalue weighted by Crippen LogP contribution is 2.28. The molecule has 2 aromatic rings. The van der Waals surface area contributed by atoms with Gasteiger partial charge in [-0.25, -0.2) is 4.79 Å². The predicted molar refractivity (Wildman–Crippen MR) is 132 cm³/mol. The highest BCUT2D eigenvalue weighted by atomic mass is 16.5. The molecular weight excluding hydrogens is 416 g/mol. The maximum absolute atomic E-state index is 11.6. The van der Waals surface area contributed by atoms with Crippen molar-refractivity contribution in [2.24, 2.45) is 0 Å². The van der Waals surface area contributed by atoms with Crippen LogP contribution in [0.3, 0.4) is 0 Å². The van der Waals surface area contributed by atoms with Crippen molar-refractivity contribution in [2.45, 2.75) is 51.2 Å². The first kappa shape index (κ1) is 25.1. The van der Waals surface area contributed by atoms with Crippen molar-refractivity contribution in [1.29, 1.82) is 0 Å². The third kappa shape index (κ3) is 7.47. The molecule has 1 saturated heterocycles. The summed E-state index contributed by atoms with van der Waals surface area (Å²) in [5.41, 5.74) is 2.24. The molecule has 0 aliphatic carbocycles. The number of benzene rings is 2. The number of nitrogens with zero attached hydrogens (tertiary/aromatic N) is 2. The first-order valence-electron chi connectivity index (χ1n) is 12.0. The van der Waals surface area contributed by atoms with Crippen LogP contribution < -0.4 is 9.64 Å². The van der Waals surface area contributed by atoms with Gasteiger partial charge in [0.05, 0.1) is 24.9 Å². The first-order valence-corrected chi connectivity index (χ1v) is 12.0. The van der Waals surface area contributed by atoms with E-state index in [4.69, 9.17) is 9.47 Å². The summed E-state index contributed by atoms with van der Waals surface area (Å²) in [6, 6.07) is 15.8. The number of aliphatic hydroxyl groups is 1. The van der Waals surface area contributed by atoms with E-state index in [0.29, 0.717) is 5.56 Å². The van der Waals surface area contributed by atoms with Crippen molar-refractivity contribution in [2.75, 3.05) is 45.3 Å². The Labute approximate surface area is 198 Å². The standard InChI is InChI=1S/C27H38N2O4/c1-4-5-20-33-25-12-10-24(11-13-25)28(2)17-14-27(31)15-18-29(19-16-27)21-22-6-8-23(9-7-22)26(30)32-3/h6-13,31H,4-5,14-21H2,1-3H3. The summed E-state index contributed by atoms with van der Waals surface area (Å²) in [6.07, 6.45) is 4.49. The van der Waals surface area contributed by atoms with Gasteiger partial charge in [0.1, 0.15) is 5.75 Å². The number of rotatable bonds is 11. The van der Waals surface area contributed by atoms with E-state index < -0.39 is 5.60 Å². The average molecular weight is 455 g/mol. The smallest absolute Gasteiger partial charge is 0.337 e. The molecule has 0 saturated carbocycles. The Hall–Kier alpha value is -2.57. The van der Waals surface area contributed by atoms with Crippen LogP contribution in [0.5, 0.6) is 5.75 Å². The number of hydrogen-bond acceptors (Lipinski definition) is 6. The van der Waals surface area contributed by atoms with Crippen LogP contribution in [-0.4, -0.2) is 62.0 Å². The van der Waals surface area contributed by atoms with Crippen molar-refractivity contribution in [3.8, 4) is 5.75 Å². The molecule has 0 atom stereocenters. The van der Waals surface area contributed by atoms with E-state index in [1.807, 2.05) is 24.3 Å². The van der Waals surface area contributed by atoms with E-state index in [2.05, 4.69) is 35.9 Å². The van der Waals surface area contributed by atoms with Crippen molar-refractivity contribution in [1.82, 2.24) is 4.90 Å². The second kappa shape index (κ2) is 12.1. The number of carbonyl (C=O) groups excluding carboxylic acids is 1.